The van der Waals surface area contributed by atoms with Crippen molar-refractivity contribution in [3.63, 3.8) is 0 Å². The Kier molecular flexibility index (Phi) is 3.98. The predicted molar refractivity (Wildman–Crippen MR) is 72.3 cm³/mol. The van der Waals surface area contributed by atoms with E-state index < -0.39 is 11.6 Å². The Labute approximate surface area is 121 Å². The molecule has 1 atom stereocenters. The summed E-state index contributed by atoms with van der Waals surface area (Å²) >= 11 is 0. The molecule has 0 saturated carbocycles. The second kappa shape index (κ2) is 5.91. The molecular weight excluding hydrogens is 278 g/mol. The average molecular weight is 294 g/mol. The van der Waals surface area contributed by atoms with Gasteiger partial charge < -0.3 is 9.52 Å². The average Bonchev–Trinajstić information content (AvgIpc) is 3.11. The summed E-state index contributed by atoms with van der Waals surface area (Å²) in [6, 6.07) is 3.56. The van der Waals surface area contributed by atoms with E-state index in [4.69, 9.17) is 9.52 Å². The number of likely N-dealkylation sites (tertiary alicyclic amines) is 1. The minimum absolute atomic E-state index is 0.204. The van der Waals surface area contributed by atoms with Crippen molar-refractivity contribution in [2.45, 2.75) is 13.0 Å². The lowest BCUT2D eigenvalue weighted by molar-refractivity contribution is 0.219. The topological polar surface area (TPSA) is 49.5 Å². The highest BCUT2D eigenvalue weighted by molar-refractivity contribution is 5.53. The Morgan fingerprint density at radius 3 is 2.90 bits per heavy atom. The van der Waals surface area contributed by atoms with Crippen LogP contribution in [-0.2, 0) is 6.54 Å². The van der Waals surface area contributed by atoms with Crippen molar-refractivity contribution in [3.8, 4) is 11.5 Å². The summed E-state index contributed by atoms with van der Waals surface area (Å²) in [6.45, 7) is 2.58. The Morgan fingerprint density at radius 1 is 1.33 bits per heavy atom. The van der Waals surface area contributed by atoms with Gasteiger partial charge in [-0.2, -0.15) is 0 Å². The number of oxazole rings is 1. The van der Waals surface area contributed by atoms with Crippen LogP contribution in [0.15, 0.2) is 28.9 Å². The first-order chi connectivity index (χ1) is 10.2. The second-order valence-corrected chi connectivity index (χ2v) is 5.35. The molecule has 4 nitrogen and oxygen atoms in total. The molecule has 1 aliphatic heterocycles. The Morgan fingerprint density at radius 2 is 2.19 bits per heavy atom. The van der Waals surface area contributed by atoms with Crippen molar-refractivity contribution in [1.29, 1.82) is 0 Å². The Balaban J connectivity index is 1.70. The lowest BCUT2D eigenvalue weighted by Crippen LogP contribution is -2.21. The van der Waals surface area contributed by atoms with Crippen LogP contribution in [0.3, 0.4) is 0 Å². The van der Waals surface area contributed by atoms with Gasteiger partial charge in [0.2, 0.25) is 5.89 Å². The van der Waals surface area contributed by atoms with E-state index in [1.54, 1.807) is 0 Å². The number of aliphatic hydroxyl groups is 1. The van der Waals surface area contributed by atoms with Gasteiger partial charge in [-0.1, -0.05) is 0 Å². The first kappa shape index (κ1) is 14.2. The summed E-state index contributed by atoms with van der Waals surface area (Å²) in [7, 11) is 0. The van der Waals surface area contributed by atoms with Crippen molar-refractivity contribution in [2.75, 3.05) is 19.7 Å². The number of aromatic nitrogens is 1. The predicted octanol–water partition coefficient (Wildman–Crippen LogP) is 2.43. The van der Waals surface area contributed by atoms with Crippen molar-refractivity contribution in [3.05, 3.63) is 41.8 Å². The van der Waals surface area contributed by atoms with Gasteiger partial charge in [0.15, 0.2) is 11.6 Å². The molecule has 1 aromatic carbocycles. The highest BCUT2D eigenvalue weighted by atomic mass is 19.2. The molecule has 0 aliphatic carbocycles. The fourth-order valence-corrected chi connectivity index (χ4v) is 2.58. The van der Waals surface area contributed by atoms with Crippen LogP contribution in [0.2, 0.25) is 0 Å². The molecule has 1 N–H and O–H groups in total. The first-order valence-electron chi connectivity index (χ1n) is 6.88. The molecule has 0 radical (unpaired) electrons. The van der Waals surface area contributed by atoms with Crippen molar-refractivity contribution in [1.82, 2.24) is 9.88 Å². The molecule has 1 aliphatic rings. The maximum Gasteiger partial charge on any atom is 0.226 e. The highest BCUT2D eigenvalue weighted by Crippen LogP contribution is 2.23. The molecule has 2 aromatic rings. The van der Waals surface area contributed by atoms with Gasteiger partial charge in [0.05, 0.1) is 5.69 Å². The summed E-state index contributed by atoms with van der Waals surface area (Å²) in [4.78, 5) is 6.49. The van der Waals surface area contributed by atoms with Gasteiger partial charge in [-0.25, -0.2) is 13.8 Å². The summed E-state index contributed by atoms with van der Waals surface area (Å²) < 4.78 is 31.4. The van der Waals surface area contributed by atoms with Crippen LogP contribution in [0.1, 0.15) is 12.1 Å². The minimum atomic E-state index is -0.919. The van der Waals surface area contributed by atoms with E-state index >= 15 is 0 Å². The molecule has 2 heterocycles. The van der Waals surface area contributed by atoms with E-state index in [0.717, 1.165) is 37.3 Å². The molecular formula is C15H16F2N2O2. The highest BCUT2D eigenvalue weighted by Gasteiger charge is 2.22. The van der Waals surface area contributed by atoms with Gasteiger partial charge in [0.25, 0.3) is 0 Å². The summed E-state index contributed by atoms with van der Waals surface area (Å²) in [6.07, 6.45) is 2.51. The number of hydrogen-bond acceptors (Lipinski definition) is 4. The maximum atomic E-state index is 13.2. The van der Waals surface area contributed by atoms with Crippen molar-refractivity contribution < 1.29 is 18.3 Å². The molecule has 1 fully saturated rings. The minimum Gasteiger partial charge on any atom is -0.444 e. The van der Waals surface area contributed by atoms with E-state index in [1.165, 1.54) is 12.3 Å². The van der Waals surface area contributed by atoms with Crippen LogP contribution < -0.4 is 0 Å². The van der Waals surface area contributed by atoms with E-state index in [-0.39, 0.29) is 12.5 Å². The van der Waals surface area contributed by atoms with Gasteiger partial charge in [0.1, 0.15) is 6.26 Å². The zero-order valence-electron chi connectivity index (χ0n) is 11.4. The monoisotopic (exact) mass is 294 g/mol. The molecule has 0 amide bonds. The number of benzene rings is 1. The van der Waals surface area contributed by atoms with Gasteiger partial charge in [-0.15, -0.1) is 0 Å². The van der Waals surface area contributed by atoms with Crippen LogP contribution in [-0.4, -0.2) is 34.7 Å². The smallest absolute Gasteiger partial charge is 0.226 e. The number of aliphatic hydroxyl groups excluding tert-OH is 1. The number of halogens is 2. The van der Waals surface area contributed by atoms with E-state index in [2.05, 4.69) is 9.88 Å². The van der Waals surface area contributed by atoms with Crippen LogP contribution in [0, 0.1) is 17.6 Å². The molecule has 6 heteroatoms. The summed E-state index contributed by atoms with van der Waals surface area (Å²) in [5, 5.41) is 9.12. The third kappa shape index (κ3) is 3.11. The zero-order chi connectivity index (χ0) is 14.8. The number of nitrogens with zero attached hydrogens (tertiary/aromatic N) is 2. The van der Waals surface area contributed by atoms with Gasteiger partial charge in [-0.05, 0) is 37.1 Å². The summed E-state index contributed by atoms with van der Waals surface area (Å²) in [5.74, 6) is -1.21. The molecule has 0 spiro atoms. The molecule has 1 aromatic heterocycles. The van der Waals surface area contributed by atoms with Crippen LogP contribution in [0.25, 0.3) is 11.5 Å². The Bertz CT molecular complexity index is 630. The standard InChI is InChI=1S/C15H16F2N2O2/c16-13-2-1-11(5-14(13)17)15-18-12(9-21-15)7-19-4-3-10(6-19)8-20/h1-2,5,9-10,20H,3-4,6-8H2. The fourth-order valence-electron chi connectivity index (χ4n) is 2.58. The molecule has 3 rings (SSSR count). The quantitative estimate of drug-likeness (QED) is 0.941. The normalized spacial score (nSPS) is 19.3. The molecule has 0 bridgehead atoms. The Hall–Kier alpha value is -1.79. The lowest BCUT2D eigenvalue weighted by atomic mass is 10.1. The lowest BCUT2D eigenvalue weighted by Gasteiger charge is -2.12. The molecule has 112 valence electrons. The largest absolute Gasteiger partial charge is 0.444 e. The zero-order valence-corrected chi connectivity index (χ0v) is 11.4. The maximum absolute atomic E-state index is 13.2. The van der Waals surface area contributed by atoms with Gasteiger partial charge in [0, 0.05) is 25.3 Å². The number of hydrogen-bond donors (Lipinski definition) is 1. The SMILES string of the molecule is OCC1CCN(Cc2coc(-c3ccc(F)c(F)c3)n2)C1. The fraction of sp³-hybridized carbons (Fsp3) is 0.400. The summed E-state index contributed by atoms with van der Waals surface area (Å²) in [5.41, 5.74) is 1.16. The second-order valence-electron chi connectivity index (χ2n) is 5.35. The van der Waals surface area contributed by atoms with E-state index in [9.17, 15) is 8.78 Å². The molecule has 1 saturated heterocycles. The first-order valence-corrected chi connectivity index (χ1v) is 6.88. The van der Waals surface area contributed by atoms with Gasteiger partial charge >= 0.3 is 0 Å². The van der Waals surface area contributed by atoms with Crippen LogP contribution >= 0.6 is 0 Å². The molecule has 21 heavy (non-hydrogen) atoms. The third-order valence-corrected chi connectivity index (χ3v) is 3.73. The van der Waals surface area contributed by atoms with Crippen molar-refractivity contribution >= 4 is 0 Å². The van der Waals surface area contributed by atoms with Crippen LogP contribution in [0.5, 0.6) is 0 Å². The van der Waals surface area contributed by atoms with Gasteiger partial charge in [-0.3, -0.25) is 4.90 Å². The van der Waals surface area contributed by atoms with E-state index in [0.29, 0.717) is 18.0 Å². The third-order valence-electron chi connectivity index (χ3n) is 3.73. The van der Waals surface area contributed by atoms with Crippen LogP contribution in [0.4, 0.5) is 8.78 Å². The van der Waals surface area contributed by atoms with E-state index in [1.807, 2.05) is 0 Å². The molecule has 1 unspecified atom stereocenters. The number of rotatable bonds is 4. The van der Waals surface area contributed by atoms with Crippen molar-refractivity contribution in [2.24, 2.45) is 5.92 Å².